The van der Waals surface area contributed by atoms with Crippen LogP contribution in [0.15, 0.2) is 17.1 Å². The van der Waals surface area contributed by atoms with Crippen molar-refractivity contribution in [2.24, 2.45) is 0 Å². The second kappa shape index (κ2) is 6.70. The predicted molar refractivity (Wildman–Crippen MR) is 75.2 cm³/mol. The van der Waals surface area contributed by atoms with Gasteiger partial charge >= 0.3 is 5.97 Å². The van der Waals surface area contributed by atoms with Gasteiger partial charge in [-0.2, -0.15) is 0 Å². The third kappa shape index (κ3) is 3.48. The van der Waals surface area contributed by atoms with Crippen LogP contribution in [0.25, 0.3) is 0 Å². The number of carboxylic acids is 1. The first-order valence-electron chi connectivity index (χ1n) is 7.14. The lowest BCUT2D eigenvalue weighted by Gasteiger charge is -2.10. The number of hydrogen-bond acceptors (Lipinski definition) is 3. The number of aryl methyl sites for hydroxylation is 2. The second-order valence-corrected chi connectivity index (χ2v) is 5.31. The van der Waals surface area contributed by atoms with E-state index >= 15 is 0 Å². The maximum absolute atomic E-state index is 12.0. The number of nitrogens with zero attached hydrogens (tertiary/aromatic N) is 1. The molecule has 0 spiro atoms. The van der Waals surface area contributed by atoms with Gasteiger partial charge in [0.2, 0.25) is 0 Å². The molecule has 1 saturated heterocycles. The Morgan fingerprint density at radius 3 is 2.95 bits per heavy atom. The van der Waals surface area contributed by atoms with Gasteiger partial charge < -0.3 is 14.4 Å². The third-order valence-electron chi connectivity index (χ3n) is 3.79. The molecule has 1 aromatic rings. The van der Waals surface area contributed by atoms with Crippen molar-refractivity contribution in [2.45, 2.75) is 51.7 Å². The summed E-state index contributed by atoms with van der Waals surface area (Å²) in [5.74, 6) is -1.15. The number of pyridine rings is 1. The summed E-state index contributed by atoms with van der Waals surface area (Å²) in [4.78, 5) is 23.1. The van der Waals surface area contributed by atoms with E-state index in [1.54, 1.807) is 19.2 Å². The highest BCUT2D eigenvalue weighted by Crippen LogP contribution is 2.17. The Hall–Kier alpha value is -1.62. The first-order valence-corrected chi connectivity index (χ1v) is 7.14. The summed E-state index contributed by atoms with van der Waals surface area (Å²) >= 11 is 0. The fourth-order valence-corrected chi connectivity index (χ4v) is 2.63. The van der Waals surface area contributed by atoms with Gasteiger partial charge in [-0.05, 0) is 50.7 Å². The minimum Gasteiger partial charge on any atom is -0.477 e. The molecule has 1 aromatic heterocycles. The van der Waals surface area contributed by atoms with Crippen molar-refractivity contribution >= 4 is 5.97 Å². The van der Waals surface area contributed by atoms with Gasteiger partial charge in [0.25, 0.3) is 5.56 Å². The molecule has 1 aliphatic heterocycles. The van der Waals surface area contributed by atoms with Crippen LogP contribution in [0, 0.1) is 6.92 Å². The molecule has 1 atom stereocenters. The monoisotopic (exact) mass is 279 g/mol. The van der Waals surface area contributed by atoms with Crippen molar-refractivity contribution in [3.05, 3.63) is 33.7 Å². The molecular formula is C15H21NO4. The predicted octanol–water partition coefficient (Wildman–Crippen LogP) is 2.20. The summed E-state index contributed by atoms with van der Waals surface area (Å²) in [7, 11) is 0. The molecule has 2 rings (SSSR count). The molecule has 2 heterocycles. The topological polar surface area (TPSA) is 68.5 Å². The Balaban J connectivity index is 1.91. The SMILES string of the molecule is Cc1ccn(CCCCC2CCCO2)c(=O)c1C(=O)O. The number of ether oxygens (including phenoxy) is 1. The van der Waals surface area contributed by atoms with Crippen molar-refractivity contribution in [3.63, 3.8) is 0 Å². The molecule has 1 N–H and O–H groups in total. The lowest BCUT2D eigenvalue weighted by atomic mass is 10.1. The molecule has 20 heavy (non-hydrogen) atoms. The maximum Gasteiger partial charge on any atom is 0.341 e. The number of aromatic carboxylic acids is 1. The van der Waals surface area contributed by atoms with E-state index in [4.69, 9.17) is 9.84 Å². The van der Waals surface area contributed by atoms with Crippen LogP contribution in [-0.4, -0.2) is 28.4 Å². The van der Waals surface area contributed by atoms with Crippen LogP contribution in [0.4, 0.5) is 0 Å². The Bertz CT molecular complexity index is 529. The van der Waals surface area contributed by atoms with Crippen LogP contribution in [0.5, 0.6) is 0 Å². The molecule has 5 nitrogen and oxygen atoms in total. The average molecular weight is 279 g/mol. The number of carbonyl (C=O) groups is 1. The molecular weight excluding hydrogens is 258 g/mol. The van der Waals surface area contributed by atoms with Crippen LogP contribution >= 0.6 is 0 Å². The van der Waals surface area contributed by atoms with E-state index in [9.17, 15) is 9.59 Å². The zero-order chi connectivity index (χ0) is 14.5. The van der Waals surface area contributed by atoms with Crippen LogP contribution in [0.1, 0.15) is 48.0 Å². The van der Waals surface area contributed by atoms with Crippen molar-refractivity contribution in [1.29, 1.82) is 0 Å². The highest BCUT2D eigenvalue weighted by atomic mass is 16.5. The van der Waals surface area contributed by atoms with Crippen LogP contribution in [0.3, 0.4) is 0 Å². The van der Waals surface area contributed by atoms with Crippen LogP contribution < -0.4 is 5.56 Å². The van der Waals surface area contributed by atoms with Crippen LogP contribution in [-0.2, 0) is 11.3 Å². The van der Waals surface area contributed by atoms with E-state index < -0.39 is 11.5 Å². The number of carboxylic acid groups (broad SMARTS) is 1. The van der Waals surface area contributed by atoms with Crippen molar-refractivity contribution in [2.75, 3.05) is 6.61 Å². The fraction of sp³-hybridized carbons (Fsp3) is 0.600. The molecule has 1 aliphatic rings. The van der Waals surface area contributed by atoms with E-state index in [-0.39, 0.29) is 5.56 Å². The highest BCUT2D eigenvalue weighted by Gasteiger charge is 2.16. The van der Waals surface area contributed by atoms with Gasteiger partial charge in [0.1, 0.15) is 5.56 Å². The number of aromatic nitrogens is 1. The van der Waals surface area contributed by atoms with Crippen LogP contribution in [0.2, 0.25) is 0 Å². The zero-order valence-corrected chi connectivity index (χ0v) is 11.8. The summed E-state index contributed by atoms with van der Waals surface area (Å²) in [5, 5.41) is 9.06. The molecule has 5 heteroatoms. The Morgan fingerprint density at radius 1 is 1.50 bits per heavy atom. The minimum absolute atomic E-state index is 0.119. The molecule has 0 bridgehead atoms. The molecule has 0 radical (unpaired) electrons. The average Bonchev–Trinajstić information content (AvgIpc) is 2.89. The first kappa shape index (κ1) is 14.8. The molecule has 110 valence electrons. The minimum atomic E-state index is -1.15. The van der Waals surface area contributed by atoms with Gasteiger partial charge in [-0.3, -0.25) is 4.79 Å². The molecule has 0 amide bonds. The van der Waals surface area contributed by atoms with E-state index in [2.05, 4.69) is 0 Å². The van der Waals surface area contributed by atoms with Gasteiger partial charge in [0.15, 0.2) is 0 Å². The summed E-state index contributed by atoms with van der Waals surface area (Å²) in [6.07, 6.45) is 7.20. The molecule has 1 fully saturated rings. The standard InChI is InChI=1S/C15H21NO4/c1-11-7-9-16(14(17)13(11)15(18)19)8-3-2-5-12-6-4-10-20-12/h7,9,12H,2-6,8,10H2,1H3,(H,18,19). The van der Waals surface area contributed by atoms with Crippen molar-refractivity contribution in [3.8, 4) is 0 Å². The number of unbranched alkanes of at least 4 members (excludes halogenated alkanes) is 1. The van der Waals surface area contributed by atoms with Gasteiger partial charge in [-0.25, -0.2) is 4.79 Å². The smallest absolute Gasteiger partial charge is 0.341 e. The quantitative estimate of drug-likeness (QED) is 0.811. The Morgan fingerprint density at radius 2 is 2.30 bits per heavy atom. The van der Waals surface area contributed by atoms with E-state index in [1.165, 1.54) is 4.57 Å². The second-order valence-electron chi connectivity index (χ2n) is 5.31. The fourth-order valence-electron chi connectivity index (χ4n) is 2.63. The lowest BCUT2D eigenvalue weighted by Crippen LogP contribution is -2.27. The highest BCUT2D eigenvalue weighted by molar-refractivity contribution is 5.88. The maximum atomic E-state index is 12.0. The zero-order valence-electron chi connectivity index (χ0n) is 11.8. The van der Waals surface area contributed by atoms with E-state index in [1.807, 2.05) is 0 Å². The summed E-state index contributed by atoms with van der Waals surface area (Å²) < 4.78 is 7.04. The largest absolute Gasteiger partial charge is 0.477 e. The molecule has 0 saturated carbocycles. The normalized spacial score (nSPS) is 18.4. The van der Waals surface area contributed by atoms with E-state index in [0.717, 1.165) is 38.7 Å². The van der Waals surface area contributed by atoms with Gasteiger partial charge in [0, 0.05) is 19.3 Å². The van der Waals surface area contributed by atoms with Gasteiger partial charge in [-0.15, -0.1) is 0 Å². The summed E-state index contributed by atoms with van der Waals surface area (Å²) in [6.45, 7) is 3.07. The first-order chi connectivity index (χ1) is 9.59. The number of rotatable bonds is 6. The Kier molecular flexibility index (Phi) is 4.95. The van der Waals surface area contributed by atoms with Gasteiger partial charge in [0.05, 0.1) is 6.10 Å². The summed E-state index contributed by atoms with van der Waals surface area (Å²) in [5.41, 5.74) is -0.0145. The summed E-state index contributed by atoms with van der Waals surface area (Å²) in [6, 6.07) is 1.69. The van der Waals surface area contributed by atoms with Crippen molar-refractivity contribution < 1.29 is 14.6 Å². The third-order valence-corrected chi connectivity index (χ3v) is 3.79. The Labute approximate surface area is 118 Å². The number of hydrogen-bond donors (Lipinski definition) is 1. The molecule has 0 aromatic carbocycles. The van der Waals surface area contributed by atoms with Gasteiger partial charge in [-0.1, -0.05) is 0 Å². The lowest BCUT2D eigenvalue weighted by molar-refractivity contribution is 0.0693. The molecule has 0 aliphatic carbocycles. The molecule has 1 unspecified atom stereocenters. The van der Waals surface area contributed by atoms with Crippen molar-refractivity contribution in [1.82, 2.24) is 4.57 Å². The van der Waals surface area contributed by atoms with E-state index in [0.29, 0.717) is 18.2 Å².